The zero-order chi connectivity index (χ0) is 23.5. The SMILES string of the molecule is CCCCCCC(CCC)[NH2+]c1nc(Cc2ccc(OC)c(OC)c2)[nH]c(=O)c1C(C)=N. The molecule has 2 aromatic rings. The van der Waals surface area contributed by atoms with Crippen LogP contribution in [0.4, 0.5) is 5.82 Å². The largest absolute Gasteiger partial charge is 0.493 e. The average Bonchev–Trinajstić information content (AvgIpc) is 2.76. The van der Waals surface area contributed by atoms with Crippen LogP contribution in [0.3, 0.4) is 0 Å². The number of rotatable bonds is 14. The molecule has 0 aliphatic rings. The molecule has 7 nitrogen and oxygen atoms in total. The van der Waals surface area contributed by atoms with Gasteiger partial charge in [0.25, 0.3) is 5.56 Å². The fourth-order valence-corrected chi connectivity index (χ4v) is 4.03. The number of methoxy groups -OCH3 is 2. The molecule has 1 aromatic carbocycles. The summed E-state index contributed by atoms with van der Waals surface area (Å²) in [6.45, 7) is 6.05. The normalized spacial score (nSPS) is 11.9. The van der Waals surface area contributed by atoms with Gasteiger partial charge in [-0.1, -0.05) is 45.6 Å². The van der Waals surface area contributed by atoms with Crippen molar-refractivity contribution in [1.82, 2.24) is 9.97 Å². The molecule has 0 saturated carbocycles. The highest BCUT2D eigenvalue weighted by atomic mass is 16.5. The molecule has 0 aliphatic carbocycles. The number of nitrogens with zero attached hydrogens (tertiary/aromatic N) is 1. The zero-order valence-corrected chi connectivity index (χ0v) is 20.2. The number of ether oxygens (including phenoxy) is 2. The first-order chi connectivity index (χ1) is 15.4. The highest BCUT2D eigenvalue weighted by Crippen LogP contribution is 2.28. The second-order valence-electron chi connectivity index (χ2n) is 8.33. The first kappa shape index (κ1) is 25.6. The summed E-state index contributed by atoms with van der Waals surface area (Å²) in [6, 6.07) is 6.04. The van der Waals surface area contributed by atoms with Gasteiger partial charge in [-0.3, -0.25) is 10.1 Å². The summed E-state index contributed by atoms with van der Waals surface area (Å²) in [5, 5.41) is 10.3. The summed E-state index contributed by atoms with van der Waals surface area (Å²) >= 11 is 0. The van der Waals surface area contributed by atoms with Gasteiger partial charge in [0.1, 0.15) is 11.4 Å². The Labute approximate surface area is 191 Å². The molecule has 0 amide bonds. The molecular formula is C25H39N4O3+. The van der Waals surface area contributed by atoms with E-state index >= 15 is 0 Å². The molecule has 1 unspecified atom stereocenters. The number of aromatic nitrogens is 2. The standard InChI is InChI=1S/C25H38N4O3/c1-6-8-9-10-12-19(11-7-2)27-24-23(17(3)26)25(30)29-22(28-24)16-18-13-14-20(31-4)21(15-18)32-5/h13-15,19,26H,6-12,16H2,1-5H3,(H2,27,28,29,30)/p+1. The average molecular weight is 444 g/mol. The number of unbranched alkanes of at least 4 members (excludes halogenated alkanes) is 3. The lowest BCUT2D eigenvalue weighted by molar-refractivity contribution is -0.616. The lowest BCUT2D eigenvalue weighted by Crippen LogP contribution is -2.85. The second kappa shape index (κ2) is 13.0. The molecule has 0 aliphatic heterocycles. The molecule has 176 valence electrons. The van der Waals surface area contributed by atoms with Gasteiger partial charge in [0, 0.05) is 12.1 Å². The number of nitrogens with two attached hydrogens (primary N) is 1. The number of nitrogens with one attached hydrogen (secondary N) is 2. The molecule has 1 heterocycles. The fraction of sp³-hybridized carbons (Fsp3) is 0.560. The van der Waals surface area contributed by atoms with E-state index in [4.69, 9.17) is 19.9 Å². The molecule has 0 radical (unpaired) electrons. The van der Waals surface area contributed by atoms with E-state index in [1.165, 1.54) is 25.7 Å². The van der Waals surface area contributed by atoms with Gasteiger partial charge < -0.3 is 19.9 Å². The molecule has 0 spiro atoms. The van der Waals surface area contributed by atoms with E-state index < -0.39 is 0 Å². The second-order valence-corrected chi connectivity index (χ2v) is 8.33. The van der Waals surface area contributed by atoms with E-state index in [0.717, 1.165) is 24.8 Å². The number of benzene rings is 1. The van der Waals surface area contributed by atoms with E-state index in [2.05, 4.69) is 24.1 Å². The van der Waals surface area contributed by atoms with Gasteiger partial charge in [-0.05, 0) is 43.9 Å². The molecule has 0 saturated heterocycles. The summed E-state index contributed by atoms with van der Waals surface area (Å²) in [5.41, 5.74) is 1.32. The lowest BCUT2D eigenvalue weighted by atomic mass is 10.0. The molecule has 2 rings (SSSR count). The van der Waals surface area contributed by atoms with Crippen molar-refractivity contribution in [3.05, 3.63) is 45.5 Å². The molecule has 32 heavy (non-hydrogen) atoms. The first-order valence-electron chi connectivity index (χ1n) is 11.7. The van der Waals surface area contributed by atoms with Gasteiger partial charge in [-0.25, -0.2) is 0 Å². The smallest absolute Gasteiger partial charge is 0.266 e. The Balaban J connectivity index is 2.31. The predicted molar refractivity (Wildman–Crippen MR) is 129 cm³/mol. The quantitative estimate of drug-likeness (QED) is 0.302. The monoisotopic (exact) mass is 443 g/mol. The fourth-order valence-electron chi connectivity index (χ4n) is 4.03. The Morgan fingerprint density at radius 1 is 1.09 bits per heavy atom. The lowest BCUT2D eigenvalue weighted by Gasteiger charge is -2.16. The van der Waals surface area contributed by atoms with E-state index in [1.807, 2.05) is 18.2 Å². The Kier molecular flexibility index (Phi) is 10.4. The minimum Gasteiger partial charge on any atom is -0.493 e. The van der Waals surface area contributed by atoms with Gasteiger partial charge in [0.05, 0.1) is 20.3 Å². The zero-order valence-electron chi connectivity index (χ0n) is 20.2. The number of hydrogen-bond donors (Lipinski definition) is 3. The number of H-pyrrole nitrogens is 1. The van der Waals surface area contributed by atoms with Crippen LogP contribution in [0, 0.1) is 5.41 Å². The van der Waals surface area contributed by atoms with Gasteiger partial charge in [0.15, 0.2) is 11.5 Å². The minimum atomic E-state index is -0.254. The highest BCUT2D eigenvalue weighted by molar-refractivity contribution is 5.98. The van der Waals surface area contributed by atoms with Crippen molar-refractivity contribution in [3.8, 4) is 11.5 Å². The summed E-state index contributed by atoms with van der Waals surface area (Å²) in [7, 11) is 3.21. The van der Waals surface area contributed by atoms with Gasteiger partial charge in [0.2, 0.25) is 5.82 Å². The van der Waals surface area contributed by atoms with E-state index in [-0.39, 0.29) is 11.3 Å². The molecule has 4 N–H and O–H groups in total. The van der Waals surface area contributed by atoms with Gasteiger partial charge in [-0.2, -0.15) is 4.98 Å². The van der Waals surface area contributed by atoms with Crippen molar-refractivity contribution < 1.29 is 14.8 Å². The molecule has 1 aromatic heterocycles. The molecule has 7 heteroatoms. The van der Waals surface area contributed by atoms with Crippen molar-refractivity contribution in [2.75, 3.05) is 14.2 Å². The van der Waals surface area contributed by atoms with Crippen LogP contribution >= 0.6 is 0 Å². The molecule has 1 atom stereocenters. The Bertz CT molecular complexity index is 939. The van der Waals surface area contributed by atoms with Crippen LogP contribution in [-0.4, -0.2) is 35.9 Å². The van der Waals surface area contributed by atoms with Crippen molar-refractivity contribution in [2.24, 2.45) is 0 Å². The minimum absolute atomic E-state index is 0.240. The summed E-state index contributed by atoms with van der Waals surface area (Å²) in [4.78, 5) is 20.5. The third-order valence-electron chi connectivity index (χ3n) is 5.67. The van der Waals surface area contributed by atoms with Crippen molar-refractivity contribution in [2.45, 2.75) is 78.2 Å². The van der Waals surface area contributed by atoms with E-state index in [0.29, 0.717) is 41.2 Å². The van der Waals surface area contributed by atoms with Crippen molar-refractivity contribution >= 4 is 11.5 Å². The Morgan fingerprint density at radius 2 is 1.84 bits per heavy atom. The van der Waals surface area contributed by atoms with Crippen LogP contribution in [0.2, 0.25) is 0 Å². The van der Waals surface area contributed by atoms with Crippen LogP contribution in [-0.2, 0) is 6.42 Å². The van der Waals surface area contributed by atoms with Crippen LogP contribution in [0.1, 0.15) is 82.7 Å². The maximum Gasteiger partial charge on any atom is 0.266 e. The molecule has 0 bridgehead atoms. The maximum absolute atomic E-state index is 12.9. The van der Waals surface area contributed by atoms with E-state index in [9.17, 15) is 4.79 Å². The summed E-state index contributed by atoms with van der Waals surface area (Å²) in [5.74, 6) is 2.51. The van der Waals surface area contributed by atoms with Crippen LogP contribution in [0.25, 0.3) is 0 Å². The van der Waals surface area contributed by atoms with Crippen molar-refractivity contribution in [3.63, 3.8) is 0 Å². The first-order valence-corrected chi connectivity index (χ1v) is 11.7. The van der Waals surface area contributed by atoms with Crippen LogP contribution in [0.5, 0.6) is 11.5 Å². The Morgan fingerprint density at radius 3 is 2.47 bits per heavy atom. The third kappa shape index (κ3) is 7.19. The molecular weight excluding hydrogens is 404 g/mol. The number of quaternary nitrogens is 1. The van der Waals surface area contributed by atoms with E-state index in [1.54, 1.807) is 21.1 Å². The summed E-state index contributed by atoms with van der Waals surface area (Å²) < 4.78 is 10.7. The maximum atomic E-state index is 12.9. The molecule has 0 fully saturated rings. The number of aromatic amines is 1. The number of hydrogen-bond acceptors (Lipinski definition) is 5. The predicted octanol–water partition coefficient (Wildman–Crippen LogP) is 4.10. The third-order valence-corrected chi connectivity index (χ3v) is 5.67. The van der Waals surface area contributed by atoms with Gasteiger partial charge in [-0.15, -0.1) is 0 Å². The summed E-state index contributed by atoms with van der Waals surface area (Å²) in [6.07, 6.45) is 8.56. The Hall–Kier alpha value is -2.67. The highest BCUT2D eigenvalue weighted by Gasteiger charge is 2.21. The van der Waals surface area contributed by atoms with Gasteiger partial charge >= 0.3 is 0 Å². The van der Waals surface area contributed by atoms with Crippen LogP contribution in [0.15, 0.2) is 23.0 Å². The topological polar surface area (TPSA) is 105 Å². The van der Waals surface area contributed by atoms with Crippen molar-refractivity contribution in [1.29, 1.82) is 5.41 Å². The van der Waals surface area contributed by atoms with Crippen LogP contribution < -0.4 is 20.3 Å².